The molecule has 102 valence electrons. The van der Waals surface area contributed by atoms with Gasteiger partial charge in [-0.2, -0.15) is 0 Å². The van der Waals surface area contributed by atoms with E-state index in [0.29, 0.717) is 19.4 Å². The van der Waals surface area contributed by atoms with Crippen molar-refractivity contribution in [3.63, 3.8) is 0 Å². The molecule has 0 aliphatic carbocycles. The number of hydrogen-bond donors (Lipinski definition) is 1. The molecule has 3 nitrogen and oxygen atoms in total. The number of carbonyl (C=O) groups excluding carboxylic acids is 1. The Morgan fingerprint density at radius 3 is 2.35 bits per heavy atom. The number of hydrogen-bond acceptors (Lipinski definition) is 3. The topological polar surface area (TPSA) is 46.5 Å². The van der Waals surface area contributed by atoms with Crippen molar-refractivity contribution in [1.29, 1.82) is 0 Å². The van der Waals surface area contributed by atoms with Gasteiger partial charge in [0.1, 0.15) is 6.67 Å². The molecule has 4 heteroatoms. The predicted octanol–water partition coefficient (Wildman–Crippen LogP) is 3.00. The van der Waals surface area contributed by atoms with Crippen LogP contribution in [0.1, 0.15) is 58.3 Å². The first-order valence-electron chi connectivity index (χ1n) is 6.60. The highest BCUT2D eigenvalue weighted by molar-refractivity contribution is 5.69. The molecule has 0 rings (SSSR count). The number of halogens is 1. The minimum absolute atomic E-state index is 0.112. The quantitative estimate of drug-likeness (QED) is 0.451. The lowest BCUT2D eigenvalue weighted by Gasteiger charge is -2.05. The highest BCUT2D eigenvalue weighted by Gasteiger charge is 2.02. The lowest BCUT2D eigenvalue weighted by molar-refractivity contribution is -0.143. The lowest BCUT2D eigenvalue weighted by Crippen LogP contribution is -2.07. The molecule has 0 saturated carbocycles. The van der Waals surface area contributed by atoms with E-state index in [1.165, 1.54) is 0 Å². The molecule has 0 bridgehead atoms. The number of rotatable bonds is 11. The maximum atomic E-state index is 11.9. The molecule has 0 aromatic carbocycles. The zero-order valence-corrected chi connectivity index (χ0v) is 10.8. The van der Waals surface area contributed by atoms with Crippen LogP contribution in [0.3, 0.4) is 0 Å². The average molecular weight is 248 g/mol. The van der Waals surface area contributed by atoms with E-state index in [4.69, 9.17) is 9.84 Å². The number of alkyl halides is 1. The van der Waals surface area contributed by atoms with Crippen LogP contribution in [0.4, 0.5) is 4.39 Å². The fourth-order valence-electron chi connectivity index (χ4n) is 1.67. The number of aliphatic hydroxyl groups is 1. The van der Waals surface area contributed by atoms with Gasteiger partial charge in [-0.25, -0.2) is 4.39 Å². The van der Waals surface area contributed by atoms with E-state index in [1.807, 2.05) is 6.92 Å². The summed E-state index contributed by atoms with van der Waals surface area (Å²) in [7, 11) is 0. The molecule has 0 aromatic heterocycles. The van der Waals surface area contributed by atoms with Gasteiger partial charge in [0.2, 0.25) is 0 Å². The van der Waals surface area contributed by atoms with Crippen LogP contribution >= 0.6 is 0 Å². The number of carbonyl (C=O) groups is 1. The molecule has 0 aliphatic heterocycles. The Labute approximate surface area is 103 Å². The molecular weight excluding hydrogens is 223 g/mol. The van der Waals surface area contributed by atoms with Gasteiger partial charge in [-0.3, -0.25) is 4.79 Å². The predicted molar refractivity (Wildman–Crippen MR) is 65.6 cm³/mol. The molecular formula is C13H25FO3. The molecule has 0 spiro atoms. The smallest absolute Gasteiger partial charge is 0.305 e. The van der Waals surface area contributed by atoms with Crippen molar-refractivity contribution < 1.29 is 19.0 Å². The van der Waals surface area contributed by atoms with E-state index >= 15 is 0 Å². The second-order valence-electron chi connectivity index (χ2n) is 4.27. The first-order chi connectivity index (χ1) is 8.20. The molecule has 1 atom stereocenters. The normalized spacial score (nSPS) is 12.4. The molecule has 0 amide bonds. The van der Waals surface area contributed by atoms with Crippen molar-refractivity contribution in [2.24, 2.45) is 0 Å². The number of unbranched alkanes of at least 4 members (excludes halogenated alkanes) is 5. The van der Waals surface area contributed by atoms with Crippen LogP contribution in [0.15, 0.2) is 0 Å². The van der Waals surface area contributed by atoms with E-state index in [-0.39, 0.29) is 5.97 Å². The molecule has 1 N–H and O–H groups in total. The van der Waals surface area contributed by atoms with Gasteiger partial charge in [-0.15, -0.1) is 0 Å². The number of ether oxygens (including phenoxy) is 1. The molecule has 0 aromatic rings. The van der Waals surface area contributed by atoms with Gasteiger partial charge in [-0.05, 0) is 19.8 Å². The average Bonchev–Trinajstić information content (AvgIpc) is 2.32. The summed E-state index contributed by atoms with van der Waals surface area (Å²) in [5.41, 5.74) is 0. The SMILES string of the molecule is CCOC(=O)CCCCCCCCC(O)CF. The molecule has 0 heterocycles. The highest BCUT2D eigenvalue weighted by atomic mass is 19.1. The van der Waals surface area contributed by atoms with Crippen LogP contribution in [-0.4, -0.2) is 30.5 Å². The third kappa shape index (κ3) is 11.6. The Morgan fingerprint density at radius 2 is 1.76 bits per heavy atom. The minimum Gasteiger partial charge on any atom is -0.466 e. The Kier molecular flexibility index (Phi) is 11.4. The van der Waals surface area contributed by atoms with E-state index in [1.54, 1.807) is 0 Å². The number of aliphatic hydroxyl groups excluding tert-OH is 1. The minimum atomic E-state index is -0.779. The summed E-state index contributed by atoms with van der Waals surface area (Å²) in [4.78, 5) is 11.0. The maximum absolute atomic E-state index is 11.9. The highest BCUT2D eigenvalue weighted by Crippen LogP contribution is 2.10. The lowest BCUT2D eigenvalue weighted by atomic mass is 10.1. The Balaban J connectivity index is 3.11. The van der Waals surface area contributed by atoms with Crippen molar-refractivity contribution in [3.8, 4) is 0 Å². The summed E-state index contributed by atoms with van der Waals surface area (Å²) in [6.45, 7) is 1.62. The van der Waals surface area contributed by atoms with Crippen LogP contribution in [0.25, 0.3) is 0 Å². The second-order valence-corrected chi connectivity index (χ2v) is 4.27. The summed E-state index contributed by atoms with van der Waals surface area (Å²) in [6.07, 6.45) is 6.27. The van der Waals surface area contributed by atoms with Gasteiger partial charge in [-0.1, -0.05) is 32.1 Å². The van der Waals surface area contributed by atoms with Gasteiger partial charge in [0.15, 0.2) is 0 Å². The first kappa shape index (κ1) is 16.4. The molecule has 1 unspecified atom stereocenters. The van der Waals surface area contributed by atoms with Crippen molar-refractivity contribution in [2.75, 3.05) is 13.3 Å². The van der Waals surface area contributed by atoms with Crippen LogP contribution in [-0.2, 0) is 9.53 Å². The summed E-state index contributed by atoms with van der Waals surface area (Å²) < 4.78 is 16.7. The van der Waals surface area contributed by atoms with Crippen LogP contribution in [0.2, 0.25) is 0 Å². The third-order valence-corrected chi connectivity index (χ3v) is 2.65. The van der Waals surface area contributed by atoms with E-state index in [9.17, 15) is 9.18 Å². The van der Waals surface area contributed by atoms with E-state index < -0.39 is 12.8 Å². The number of esters is 1. The zero-order valence-electron chi connectivity index (χ0n) is 10.8. The van der Waals surface area contributed by atoms with Crippen LogP contribution in [0.5, 0.6) is 0 Å². The Morgan fingerprint density at radius 1 is 1.18 bits per heavy atom. The van der Waals surface area contributed by atoms with Gasteiger partial charge in [0.05, 0.1) is 12.7 Å². The van der Waals surface area contributed by atoms with Gasteiger partial charge >= 0.3 is 5.97 Å². The van der Waals surface area contributed by atoms with Crippen molar-refractivity contribution in [3.05, 3.63) is 0 Å². The fraction of sp³-hybridized carbons (Fsp3) is 0.923. The molecule has 0 saturated heterocycles. The van der Waals surface area contributed by atoms with Crippen LogP contribution < -0.4 is 0 Å². The van der Waals surface area contributed by atoms with Crippen LogP contribution in [0, 0.1) is 0 Å². The standard InChI is InChI=1S/C13H25FO3/c1-2-17-13(16)10-8-6-4-3-5-7-9-12(15)11-14/h12,15H,2-11H2,1H3. The first-order valence-corrected chi connectivity index (χ1v) is 6.60. The van der Waals surface area contributed by atoms with Gasteiger partial charge in [0, 0.05) is 6.42 Å². The maximum Gasteiger partial charge on any atom is 0.305 e. The summed E-state index contributed by atoms with van der Waals surface area (Å²) in [5, 5.41) is 8.98. The van der Waals surface area contributed by atoms with Crippen molar-refractivity contribution in [1.82, 2.24) is 0 Å². The largest absolute Gasteiger partial charge is 0.466 e. The molecule has 0 fully saturated rings. The van der Waals surface area contributed by atoms with E-state index in [0.717, 1.165) is 38.5 Å². The third-order valence-electron chi connectivity index (χ3n) is 2.65. The fourth-order valence-corrected chi connectivity index (χ4v) is 1.67. The molecule has 0 radical (unpaired) electrons. The Bertz CT molecular complexity index is 186. The molecule has 17 heavy (non-hydrogen) atoms. The summed E-state index contributed by atoms with van der Waals surface area (Å²) in [6, 6.07) is 0. The van der Waals surface area contributed by atoms with Gasteiger partial charge < -0.3 is 9.84 Å². The second kappa shape index (κ2) is 11.8. The zero-order chi connectivity index (χ0) is 12.9. The summed E-state index contributed by atoms with van der Waals surface area (Å²) in [5.74, 6) is -0.112. The van der Waals surface area contributed by atoms with E-state index in [2.05, 4.69) is 0 Å². The monoisotopic (exact) mass is 248 g/mol. The van der Waals surface area contributed by atoms with Gasteiger partial charge in [0.25, 0.3) is 0 Å². The summed E-state index contributed by atoms with van der Waals surface area (Å²) >= 11 is 0. The Hall–Kier alpha value is -0.640. The van der Waals surface area contributed by atoms with Crippen molar-refractivity contribution >= 4 is 5.97 Å². The van der Waals surface area contributed by atoms with Crippen molar-refractivity contribution in [2.45, 2.75) is 64.4 Å². The molecule has 0 aliphatic rings.